The van der Waals surface area contributed by atoms with Crippen molar-refractivity contribution in [3.8, 4) is 0 Å². The van der Waals surface area contributed by atoms with Crippen molar-refractivity contribution in [3.05, 3.63) is 71.3 Å². The van der Waals surface area contributed by atoms with Crippen molar-refractivity contribution in [3.63, 3.8) is 0 Å². The molecule has 0 saturated carbocycles. The van der Waals surface area contributed by atoms with Crippen molar-refractivity contribution in [1.29, 1.82) is 0 Å². The van der Waals surface area contributed by atoms with E-state index in [4.69, 9.17) is 4.74 Å². The van der Waals surface area contributed by atoms with Crippen molar-refractivity contribution in [2.45, 2.75) is 58.8 Å². The number of rotatable bonds is 9. The lowest BCUT2D eigenvalue weighted by molar-refractivity contribution is -0.143. The SMILES string of the molecule is CCN(C(=O)C(CO)NC(=O)OC(C)(C)C)C(C(=O)NCc1ccccc1)c1ccccc1C. The summed E-state index contributed by atoms with van der Waals surface area (Å²) in [5, 5.41) is 15.2. The van der Waals surface area contributed by atoms with E-state index in [-0.39, 0.29) is 12.5 Å². The molecule has 3 N–H and O–H groups in total. The number of aryl methyl sites for hydroxylation is 1. The maximum atomic E-state index is 13.4. The van der Waals surface area contributed by atoms with E-state index in [0.29, 0.717) is 12.1 Å². The van der Waals surface area contributed by atoms with Crippen LogP contribution in [0.25, 0.3) is 0 Å². The molecule has 184 valence electrons. The molecular weight excluding hydrogens is 434 g/mol. The minimum Gasteiger partial charge on any atom is -0.444 e. The highest BCUT2D eigenvalue weighted by Gasteiger charge is 2.35. The topological polar surface area (TPSA) is 108 Å². The fourth-order valence-electron chi connectivity index (χ4n) is 3.53. The van der Waals surface area contributed by atoms with Crippen LogP contribution in [0.4, 0.5) is 4.79 Å². The number of amides is 3. The molecule has 2 unspecified atom stereocenters. The van der Waals surface area contributed by atoms with Gasteiger partial charge >= 0.3 is 6.09 Å². The molecule has 0 saturated heterocycles. The molecular formula is C26H35N3O5. The maximum Gasteiger partial charge on any atom is 0.408 e. The summed E-state index contributed by atoms with van der Waals surface area (Å²) < 4.78 is 5.22. The van der Waals surface area contributed by atoms with E-state index >= 15 is 0 Å². The van der Waals surface area contributed by atoms with E-state index < -0.39 is 36.3 Å². The fraction of sp³-hybridized carbons (Fsp3) is 0.423. The van der Waals surface area contributed by atoms with Gasteiger partial charge in [-0.05, 0) is 51.3 Å². The summed E-state index contributed by atoms with van der Waals surface area (Å²) >= 11 is 0. The van der Waals surface area contributed by atoms with Crippen molar-refractivity contribution < 1.29 is 24.2 Å². The summed E-state index contributed by atoms with van der Waals surface area (Å²) in [6.07, 6.45) is -0.822. The monoisotopic (exact) mass is 469 g/mol. The predicted octanol–water partition coefficient (Wildman–Crippen LogP) is 3.09. The Hall–Kier alpha value is -3.39. The lowest BCUT2D eigenvalue weighted by Gasteiger charge is -2.34. The number of hydrogen-bond donors (Lipinski definition) is 3. The number of nitrogens with zero attached hydrogens (tertiary/aromatic N) is 1. The van der Waals surface area contributed by atoms with Crippen molar-refractivity contribution in [2.24, 2.45) is 0 Å². The molecule has 2 aromatic rings. The van der Waals surface area contributed by atoms with Gasteiger partial charge in [-0.15, -0.1) is 0 Å². The zero-order valence-electron chi connectivity index (χ0n) is 20.5. The number of nitrogens with one attached hydrogen (secondary N) is 2. The smallest absolute Gasteiger partial charge is 0.408 e. The van der Waals surface area contributed by atoms with Gasteiger partial charge in [-0.1, -0.05) is 54.6 Å². The zero-order valence-corrected chi connectivity index (χ0v) is 20.5. The quantitative estimate of drug-likeness (QED) is 0.523. The Balaban J connectivity index is 2.32. The number of aliphatic hydroxyl groups excluding tert-OH is 1. The first-order valence-corrected chi connectivity index (χ1v) is 11.4. The molecule has 3 amide bonds. The number of carbonyl (C=O) groups is 3. The van der Waals surface area contributed by atoms with Crippen LogP contribution in [0.5, 0.6) is 0 Å². The van der Waals surface area contributed by atoms with Crippen LogP contribution < -0.4 is 10.6 Å². The summed E-state index contributed by atoms with van der Waals surface area (Å²) in [7, 11) is 0. The van der Waals surface area contributed by atoms with Gasteiger partial charge in [0.05, 0.1) is 6.61 Å². The number of benzene rings is 2. The van der Waals surface area contributed by atoms with Crippen molar-refractivity contribution in [2.75, 3.05) is 13.2 Å². The largest absolute Gasteiger partial charge is 0.444 e. The Morgan fingerprint density at radius 2 is 1.65 bits per heavy atom. The lowest BCUT2D eigenvalue weighted by atomic mass is 9.98. The third-order valence-corrected chi connectivity index (χ3v) is 5.15. The number of aliphatic hydroxyl groups is 1. The standard InChI is InChI=1S/C26H35N3O5/c1-6-29(24(32)21(17-30)28-25(33)34-26(3,4)5)22(20-15-11-10-12-18(20)2)23(31)27-16-19-13-8-7-9-14-19/h7-15,21-22,30H,6,16-17H2,1-5H3,(H,27,31)(H,28,33). The van der Waals surface area contributed by atoms with Gasteiger partial charge in [0.15, 0.2) is 0 Å². The first-order valence-electron chi connectivity index (χ1n) is 11.4. The van der Waals surface area contributed by atoms with Crippen LogP contribution in [0, 0.1) is 6.92 Å². The molecule has 34 heavy (non-hydrogen) atoms. The highest BCUT2D eigenvalue weighted by atomic mass is 16.6. The average molecular weight is 470 g/mol. The van der Waals surface area contributed by atoms with E-state index in [9.17, 15) is 19.5 Å². The van der Waals surface area contributed by atoms with Gasteiger partial charge in [-0.3, -0.25) is 9.59 Å². The van der Waals surface area contributed by atoms with E-state index in [1.165, 1.54) is 4.90 Å². The molecule has 2 aromatic carbocycles. The maximum absolute atomic E-state index is 13.4. The minimum absolute atomic E-state index is 0.184. The van der Waals surface area contributed by atoms with Gasteiger partial charge in [0, 0.05) is 13.1 Å². The zero-order chi connectivity index (χ0) is 25.3. The average Bonchev–Trinajstić information content (AvgIpc) is 2.79. The van der Waals surface area contributed by atoms with Crippen LogP contribution in [-0.2, 0) is 20.9 Å². The molecule has 0 heterocycles. The summed E-state index contributed by atoms with van der Waals surface area (Å²) in [6.45, 7) is 8.56. The van der Waals surface area contributed by atoms with Gasteiger partial charge in [0.1, 0.15) is 17.7 Å². The Morgan fingerprint density at radius 1 is 1.03 bits per heavy atom. The first kappa shape index (κ1) is 26.9. The van der Waals surface area contributed by atoms with E-state index in [2.05, 4.69) is 10.6 Å². The Morgan fingerprint density at radius 3 is 2.21 bits per heavy atom. The summed E-state index contributed by atoms with van der Waals surface area (Å²) in [5.74, 6) is -0.943. The molecule has 0 aliphatic rings. The first-order chi connectivity index (χ1) is 16.1. The Labute approximate surface area is 201 Å². The summed E-state index contributed by atoms with van der Waals surface area (Å²) in [6, 6.07) is 14.6. The second-order valence-corrected chi connectivity index (χ2v) is 8.97. The highest BCUT2D eigenvalue weighted by molar-refractivity contribution is 5.92. The second kappa shape index (κ2) is 12.2. The molecule has 8 nitrogen and oxygen atoms in total. The van der Waals surface area contributed by atoms with Gasteiger partial charge in [-0.25, -0.2) is 4.79 Å². The van der Waals surface area contributed by atoms with E-state index in [1.54, 1.807) is 39.8 Å². The Kier molecular flexibility index (Phi) is 9.62. The highest BCUT2D eigenvalue weighted by Crippen LogP contribution is 2.25. The number of carbonyl (C=O) groups excluding carboxylic acids is 3. The van der Waals surface area contributed by atoms with Crippen LogP contribution in [0.2, 0.25) is 0 Å². The van der Waals surface area contributed by atoms with Crippen LogP contribution in [0.3, 0.4) is 0 Å². The van der Waals surface area contributed by atoms with Gasteiger partial charge in [0.25, 0.3) is 0 Å². The van der Waals surface area contributed by atoms with Gasteiger partial charge in [0.2, 0.25) is 11.8 Å². The number of hydrogen-bond acceptors (Lipinski definition) is 5. The molecule has 0 aromatic heterocycles. The molecule has 0 bridgehead atoms. The third kappa shape index (κ3) is 7.59. The molecule has 2 rings (SSSR count). The van der Waals surface area contributed by atoms with Crippen LogP contribution in [0.15, 0.2) is 54.6 Å². The number of likely N-dealkylation sites (N-methyl/N-ethyl adjacent to an activating group) is 1. The molecule has 2 atom stereocenters. The van der Waals surface area contributed by atoms with Crippen molar-refractivity contribution in [1.82, 2.24) is 15.5 Å². The van der Waals surface area contributed by atoms with Crippen LogP contribution in [0.1, 0.15) is 50.4 Å². The minimum atomic E-state index is -1.26. The Bertz CT molecular complexity index is 972. The fourth-order valence-corrected chi connectivity index (χ4v) is 3.53. The van der Waals surface area contributed by atoms with Gasteiger partial charge < -0.3 is 25.4 Å². The van der Waals surface area contributed by atoms with Crippen LogP contribution in [-0.4, -0.2) is 52.7 Å². The number of alkyl carbamates (subject to hydrolysis) is 1. The predicted molar refractivity (Wildman–Crippen MR) is 130 cm³/mol. The van der Waals surface area contributed by atoms with Gasteiger partial charge in [-0.2, -0.15) is 0 Å². The van der Waals surface area contributed by atoms with E-state index in [1.807, 2.05) is 49.4 Å². The normalized spacial score (nSPS) is 12.9. The molecule has 8 heteroatoms. The molecule has 0 aliphatic carbocycles. The van der Waals surface area contributed by atoms with Crippen LogP contribution >= 0.6 is 0 Å². The summed E-state index contributed by atoms with van der Waals surface area (Å²) in [4.78, 5) is 40.4. The van der Waals surface area contributed by atoms with E-state index in [0.717, 1.165) is 11.1 Å². The number of ether oxygens (including phenoxy) is 1. The molecule has 0 fully saturated rings. The second-order valence-electron chi connectivity index (χ2n) is 8.97. The van der Waals surface area contributed by atoms with Crippen molar-refractivity contribution >= 4 is 17.9 Å². The summed E-state index contributed by atoms with van der Waals surface area (Å²) in [5.41, 5.74) is 1.67. The molecule has 0 radical (unpaired) electrons. The third-order valence-electron chi connectivity index (χ3n) is 5.15. The lowest BCUT2D eigenvalue weighted by Crippen LogP contribution is -2.54. The molecule has 0 spiro atoms. The molecule has 0 aliphatic heterocycles.